The molecule has 1 amide bonds. The lowest BCUT2D eigenvalue weighted by Gasteiger charge is -2.33. The highest BCUT2D eigenvalue weighted by Gasteiger charge is 2.24. The highest BCUT2D eigenvalue weighted by atomic mass is 16.5. The predicted molar refractivity (Wildman–Crippen MR) is 164 cm³/mol. The van der Waals surface area contributed by atoms with Crippen LogP contribution in [0.15, 0.2) is 83.3 Å². The monoisotopic (exact) mass is 580 g/mol. The minimum Gasteiger partial charge on any atom is -0.490 e. The molecule has 4 aromatic rings. The van der Waals surface area contributed by atoms with E-state index in [1.165, 1.54) is 5.56 Å². The van der Waals surface area contributed by atoms with Crippen molar-refractivity contribution in [1.82, 2.24) is 10.2 Å². The van der Waals surface area contributed by atoms with Crippen LogP contribution in [-0.2, 0) is 11.3 Å². The predicted octanol–water partition coefficient (Wildman–Crippen LogP) is 5.45. The summed E-state index contributed by atoms with van der Waals surface area (Å²) in [5.74, 6) is 0.979. The van der Waals surface area contributed by atoms with Gasteiger partial charge in [-0.05, 0) is 66.9 Å². The van der Waals surface area contributed by atoms with Crippen LogP contribution in [0.4, 0.5) is 5.69 Å². The second kappa shape index (κ2) is 14.4. The van der Waals surface area contributed by atoms with Crippen LogP contribution in [-0.4, -0.2) is 60.7 Å². The van der Waals surface area contributed by atoms with E-state index >= 15 is 0 Å². The zero-order chi connectivity index (χ0) is 30.0. The van der Waals surface area contributed by atoms with Gasteiger partial charge in [0.25, 0.3) is 12.4 Å². The number of nitrogens with one attached hydrogen (secondary N) is 1. The molecule has 9 nitrogen and oxygen atoms in total. The molecular formula is C34H36N4O5. The third-order valence-corrected chi connectivity index (χ3v) is 7.99. The van der Waals surface area contributed by atoms with Crippen molar-refractivity contribution in [2.75, 3.05) is 31.1 Å². The van der Waals surface area contributed by atoms with Gasteiger partial charge in [-0.1, -0.05) is 30.3 Å². The van der Waals surface area contributed by atoms with Crippen molar-refractivity contribution in [2.24, 2.45) is 0 Å². The number of likely N-dealkylation sites (tertiary alicyclic amines) is 1. The van der Waals surface area contributed by atoms with Gasteiger partial charge in [0, 0.05) is 62.7 Å². The van der Waals surface area contributed by atoms with Gasteiger partial charge < -0.3 is 24.5 Å². The molecule has 0 spiro atoms. The number of carbonyl (C=O) groups excluding carboxylic acids is 1. The number of rotatable bonds is 7. The lowest BCUT2D eigenvalue weighted by atomic mass is 10.0. The van der Waals surface area contributed by atoms with Crippen molar-refractivity contribution in [3.05, 3.63) is 95.7 Å². The van der Waals surface area contributed by atoms with E-state index in [-0.39, 0.29) is 24.5 Å². The summed E-state index contributed by atoms with van der Waals surface area (Å²) >= 11 is 0. The Morgan fingerprint density at radius 3 is 2.35 bits per heavy atom. The van der Waals surface area contributed by atoms with E-state index in [4.69, 9.17) is 24.3 Å². The van der Waals surface area contributed by atoms with Gasteiger partial charge in [-0.3, -0.25) is 14.5 Å². The number of carbonyl (C=O) groups is 2. The molecule has 0 radical (unpaired) electrons. The topological polar surface area (TPSA) is 119 Å². The molecular weight excluding hydrogens is 544 g/mol. The number of hydrogen-bond acceptors (Lipinski definition) is 7. The fourth-order valence-electron chi connectivity index (χ4n) is 5.71. The Labute approximate surface area is 251 Å². The zero-order valence-corrected chi connectivity index (χ0v) is 24.0. The summed E-state index contributed by atoms with van der Waals surface area (Å²) in [5.41, 5.74) is 3.83. The quantitative estimate of drug-likeness (QED) is 0.277. The van der Waals surface area contributed by atoms with Crippen LogP contribution in [0.5, 0.6) is 5.75 Å². The van der Waals surface area contributed by atoms with Crippen LogP contribution >= 0.6 is 0 Å². The van der Waals surface area contributed by atoms with Crippen molar-refractivity contribution < 1.29 is 23.8 Å². The summed E-state index contributed by atoms with van der Waals surface area (Å²) in [6.45, 7) is 4.44. The third-order valence-electron chi connectivity index (χ3n) is 7.99. The van der Waals surface area contributed by atoms with Crippen LogP contribution < -0.4 is 15.0 Å². The number of benzene rings is 3. The maximum Gasteiger partial charge on any atom is 0.290 e. The molecule has 6 rings (SSSR count). The van der Waals surface area contributed by atoms with Crippen LogP contribution in [0.25, 0.3) is 11.0 Å². The van der Waals surface area contributed by atoms with Gasteiger partial charge in [-0.2, -0.15) is 5.26 Å². The molecule has 2 aliphatic heterocycles. The second-order valence-corrected chi connectivity index (χ2v) is 10.9. The normalized spacial score (nSPS) is 16.1. The molecule has 2 fully saturated rings. The molecule has 2 N–H and O–H groups in total. The fraction of sp³-hybridized carbons (Fsp3) is 0.324. The van der Waals surface area contributed by atoms with E-state index in [1.807, 2.05) is 54.6 Å². The molecule has 0 unspecified atom stereocenters. The zero-order valence-electron chi connectivity index (χ0n) is 24.0. The summed E-state index contributed by atoms with van der Waals surface area (Å²) in [5, 5.41) is 19.9. The van der Waals surface area contributed by atoms with Gasteiger partial charge in [0.2, 0.25) is 0 Å². The van der Waals surface area contributed by atoms with Gasteiger partial charge in [-0.25, -0.2) is 0 Å². The lowest BCUT2D eigenvalue weighted by Crippen LogP contribution is -2.44. The molecule has 2 saturated heterocycles. The van der Waals surface area contributed by atoms with E-state index in [0.29, 0.717) is 16.9 Å². The number of nitriles is 1. The Balaban J connectivity index is 0.00000118. The molecule has 3 heterocycles. The van der Waals surface area contributed by atoms with Gasteiger partial charge >= 0.3 is 0 Å². The number of amides is 1. The van der Waals surface area contributed by atoms with Crippen molar-refractivity contribution in [2.45, 2.75) is 44.4 Å². The van der Waals surface area contributed by atoms with Gasteiger partial charge in [-0.15, -0.1) is 0 Å². The molecule has 1 aromatic heterocycles. The molecule has 222 valence electrons. The number of fused-ring (bicyclic) bond motifs is 1. The van der Waals surface area contributed by atoms with E-state index < -0.39 is 0 Å². The number of nitrogens with zero attached hydrogens (tertiary/aromatic N) is 3. The second-order valence-electron chi connectivity index (χ2n) is 10.9. The number of hydrogen-bond donors (Lipinski definition) is 2. The van der Waals surface area contributed by atoms with Crippen LogP contribution in [0.1, 0.15) is 47.4 Å². The van der Waals surface area contributed by atoms with Gasteiger partial charge in [0.1, 0.15) is 17.4 Å². The minimum atomic E-state index is -0.250. The largest absolute Gasteiger partial charge is 0.490 e. The number of piperidine rings is 2. The Morgan fingerprint density at radius 2 is 1.67 bits per heavy atom. The van der Waals surface area contributed by atoms with E-state index in [1.54, 1.807) is 0 Å². The number of ether oxygens (including phenoxy) is 1. The van der Waals surface area contributed by atoms with Gasteiger partial charge in [0.05, 0.1) is 11.6 Å². The van der Waals surface area contributed by atoms with Crippen molar-refractivity contribution in [1.29, 1.82) is 5.26 Å². The first-order chi connectivity index (χ1) is 21.0. The third kappa shape index (κ3) is 7.93. The fourth-order valence-corrected chi connectivity index (χ4v) is 5.71. The summed E-state index contributed by atoms with van der Waals surface area (Å²) in [4.78, 5) is 26.1. The average Bonchev–Trinajstić information content (AvgIpc) is 3.47. The first-order valence-corrected chi connectivity index (χ1v) is 14.6. The minimum absolute atomic E-state index is 0.134. The first-order valence-electron chi connectivity index (χ1n) is 14.6. The molecule has 43 heavy (non-hydrogen) atoms. The summed E-state index contributed by atoms with van der Waals surface area (Å²) in [6, 6.07) is 28.2. The van der Waals surface area contributed by atoms with Crippen molar-refractivity contribution in [3.8, 4) is 11.8 Å². The van der Waals surface area contributed by atoms with E-state index in [2.05, 4.69) is 45.5 Å². The first kappa shape index (κ1) is 29.7. The smallest absolute Gasteiger partial charge is 0.290 e. The Kier molecular flexibility index (Phi) is 9.93. The maximum atomic E-state index is 13.0. The molecule has 0 bridgehead atoms. The highest BCUT2D eigenvalue weighted by molar-refractivity contribution is 5.96. The van der Waals surface area contributed by atoms with Crippen molar-refractivity contribution in [3.63, 3.8) is 0 Å². The van der Waals surface area contributed by atoms with Crippen LogP contribution in [0, 0.1) is 11.3 Å². The summed E-state index contributed by atoms with van der Waals surface area (Å²) in [7, 11) is 0. The van der Waals surface area contributed by atoms with Crippen LogP contribution in [0.2, 0.25) is 0 Å². The highest BCUT2D eigenvalue weighted by Crippen LogP contribution is 2.28. The molecule has 2 aliphatic rings. The van der Waals surface area contributed by atoms with Crippen LogP contribution in [0.3, 0.4) is 0 Å². The Morgan fingerprint density at radius 1 is 0.977 bits per heavy atom. The van der Waals surface area contributed by atoms with Crippen molar-refractivity contribution >= 4 is 29.0 Å². The molecule has 9 heteroatoms. The molecule has 0 atom stereocenters. The SMILES string of the molecule is N#Cc1ccc(N2CCC(Oc3ccc4oc(C(=O)NC5CCN(Cc6ccccc6)CC5)cc4c3)CC2)cc1.O=CO. The Hall–Kier alpha value is -4.81. The maximum absolute atomic E-state index is 13.0. The summed E-state index contributed by atoms with van der Waals surface area (Å²) in [6.07, 6.45) is 3.83. The van der Waals surface area contributed by atoms with Gasteiger partial charge in [0.15, 0.2) is 5.76 Å². The molecule has 3 aromatic carbocycles. The average molecular weight is 581 g/mol. The molecule has 0 saturated carbocycles. The Bertz CT molecular complexity index is 1530. The van der Waals surface area contributed by atoms with E-state index in [9.17, 15) is 4.79 Å². The lowest BCUT2D eigenvalue weighted by molar-refractivity contribution is -0.122. The van der Waals surface area contributed by atoms with E-state index in [0.717, 1.165) is 75.2 Å². The standard InChI is InChI=1S/C33H34N4O3.CH2O2/c34-22-24-6-8-28(9-7-24)37-18-14-29(15-19-37)39-30-10-11-31-26(20-30)21-32(40-31)33(38)35-27-12-16-36(17-13-27)23-25-4-2-1-3-5-25;2-1-3/h1-11,20-21,27,29H,12-19,23H2,(H,35,38);1H,(H,2,3). The summed E-state index contributed by atoms with van der Waals surface area (Å²) < 4.78 is 12.2. The number of furan rings is 1. The number of anilines is 1. The molecule has 0 aliphatic carbocycles. The number of carboxylic acid groups (broad SMARTS) is 1.